The van der Waals surface area contributed by atoms with E-state index in [1.807, 2.05) is 48.5 Å². The molecule has 280 valence electrons. The lowest BCUT2D eigenvalue weighted by molar-refractivity contribution is -0.140. The van der Waals surface area contributed by atoms with Gasteiger partial charge in [-0.3, -0.25) is 4.90 Å². The van der Waals surface area contributed by atoms with E-state index in [9.17, 15) is 14.4 Å². The van der Waals surface area contributed by atoms with Crippen molar-refractivity contribution in [3.05, 3.63) is 65.2 Å². The van der Waals surface area contributed by atoms with Crippen molar-refractivity contribution in [2.24, 2.45) is 0 Å². The number of rotatable bonds is 12. The molecule has 2 aromatic rings. The van der Waals surface area contributed by atoms with Gasteiger partial charge in [-0.05, 0) is 77.3 Å². The summed E-state index contributed by atoms with van der Waals surface area (Å²) >= 11 is 18.4. The van der Waals surface area contributed by atoms with Gasteiger partial charge in [0.05, 0.1) is 51.2 Å². The summed E-state index contributed by atoms with van der Waals surface area (Å²) in [6.07, 6.45) is -0.475. The van der Waals surface area contributed by atoms with Crippen LogP contribution in [0.2, 0.25) is 0 Å². The Bertz CT molecular complexity index is 1570. The van der Waals surface area contributed by atoms with Crippen LogP contribution < -0.4 is 9.47 Å². The molecule has 2 aliphatic heterocycles. The molecule has 2 aromatic carbocycles. The lowest BCUT2D eigenvalue weighted by Crippen LogP contribution is -2.66. The minimum absolute atomic E-state index is 0.0489. The molecule has 51 heavy (non-hydrogen) atoms. The molecule has 2 heterocycles. The molecule has 11 nitrogen and oxygen atoms in total. The van der Waals surface area contributed by atoms with Crippen LogP contribution in [0, 0.1) is 0 Å². The maximum atomic E-state index is 13.8. The van der Waals surface area contributed by atoms with E-state index in [1.54, 1.807) is 34.8 Å². The number of piperazine rings is 1. The van der Waals surface area contributed by atoms with E-state index in [-0.39, 0.29) is 31.7 Å². The maximum Gasteiger partial charge on any atom is 0.411 e. The monoisotopic (exact) mass is 768 g/mol. The van der Waals surface area contributed by atoms with E-state index in [0.29, 0.717) is 37.6 Å². The molecule has 0 aromatic heterocycles. The van der Waals surface area contributed by atoms with Crippen molar-refractivity contribution in [3.63, 3.8) is 0 Å². The number of fused-ring (bicyclic) bond motifs is 2. The second-order valence-corrected chi connectivity index (χ2v) is 16.0. The first kappa shape index (κ1) is 40.4. The normalized spacial score (nSPS) is 17.9. The first-order valence-electron chi connectivity index (χ1n) is 16.8. The van der Waals surface area contributed by atoms with Gasteiger partial charge in [0.1, 0.15) is 17.1 Å². The summed E-state index contributed by atoms with van der Waals surface area (Å²) in [6, 6.07) is 13.6. The molecule has 1 saturated heterocycles. The third kappa shape index (κ3) is 10.4. The SMILES string of the molecule is CCOC(=O)C1=C(c2ccc(OCCCOCc3ccccc3OC)cc2)C[C@@H]2CN(C(=O)OC(C)(C)C)C[C@H]1N2C(=O)OC(C)(C)C(Cl)(Cl)Cl. The number of carbonyl (C=O) groups excluding carboxylic acids is 3. The highest BCUT2D eigenvalue weighted by molar-refractivity contribution is 6.68. The zero-order valence-corrected chi connectivity index (χ0v) is 32.4. The van der Waals surface area contributed by atoms with E-state index >= 15 is 0 Å². The summed E-state index contributed by atoms with van der Waals surface area (Å²) in [7, 11) is 1.63. The molecule has 0 N–H and O–H groups in total. The number of carbonyl (C=O) groups is 3. The van der Waals surface area contributed by atoms with Gasteiger partial charge in [-0.25, -0.2) is 14.4 Å². The van der Waals surface area contributed by atoms with Gasteiger partial charge in [-0.15, -0.1) is 0 Å². The lowest BCUT2D eigenvalue weighted by atomic mass is 9.82. The van der Waals surface area contributed by atoms with Crippen LogP contribution in [-0.4, -0.2) is 95.1 Å². The average molecular weight is 770 g/mol. The molecule has 14 heteroatoms. The number of nitrogens with zero attached hydrogens (tertiary/aromatic N) is 2. The highest BCUT2D eigenvalue weighted by Gasteiger charge is 2.52. The molecule has 0 radical (unpaired) electrons. The molecule has 2 aliphatic rings. The van der Waals surface area contributed by atoms with Crippen molar-refractivity contribution in [2.75, 3.05) is 40.0 Å². The third-order valence-electron chi connectivity index (χ3n) is 8.39. The number of amides is 2. The first-order valence-corrected chi connectivity index (χ1v) is 18.0. The molecule has 2 amide bonds. The number of methoxy groups -OCH3 is 1. The second-order valence-electron chi connectivity index (χ2n) is 13.7. The van der Waals surface area contributed by atoms with E-state index in [2.05, 4.69) is 0 Å². The third-order valence-corrected chi connectivity index (χ3v) is 9.75. The van der Waals surface area contributed by atoms with Crippen LogP contribution in [0.5, 0.6) is 11.5 Å². The average Bonchev–Trinajstić information content (AvgIpc) is 3.04. The number of hydrogen-bond acceptors (Lipinski definition) is 9. The standard InChI is InChI=1S/C37H47Cl3N2O9/c1-8-48-32(43)31-28(24-14-16-27(17-15-24)49-19-11-18-47-23-25-12-9-10-13-30(25)46-7)20-26-21-41(33(44)50-35(2,3)4)22-29(31)42(26)34(45)51-36(5,6)37(38,39)40/h9-10,12-17,26,29H,8,11,18-23H2,1-7H3/t26-,29-/m1/s1. The van der Waals surface area contributed by atoms with Crippen LogP contribution in [0.1, 0.15) is 65.5 Å². The zero-order valence-electron chi connectivity index (χ0n) is 30.1. The summed E-state index contributed by atoms with van der Waals surface area (Å²) in [5.41, 5.74) is 0.373. The van der Waals surface area contributed by atoms with Crippen molar-refractivity contribution in [1.82, 2.24) is 9.80 Å². The highest BCUT2D eigenvalue weighted by atomic mass is 35.6. The number of hydrogen-bond donors (Lipinski definition) is 0. The number of ether oxygens (including phenoxy) is 6. The maximum absolute atomic E-state index is 13.8. The van der Waals surface area contributed by atoms with Crippen molar-refractivity contribution in [1.29, 1.82) is 0 Å². The summed E-state index contributed by atoms with van der Waals surface area (Å²) in [5.74, 6) is 0.815. The summed E-state index contributed by atoms with van der Waals surface area (Å²) < 4.78 is 32.1. The Morgan fingerprint density at radius 2 is 1.57 bits per heavy atom. The van der Waals surface area contributed by atoms with Crippen LogP contribution in [-0.2, 0) is 30.3 Å². The van der Waals surface area contributed by atoms with Gasteiger partial charge >= 0.3 is 18.2 Å². The quantitative estimate of drug-likeness (QED) is 0.0918. The molecule has 1 fully saturated rings. The van der Waals surface area contributed by atoms with Gasteiger partial charge in [0.2, 0.25) is 3.79 Å². The number of benzene rings is 2. The molecule has 0 saturated carbocycles. The summed E-state index contributed by atoms with van der Waals surface area (Å²) in [5, 5.41) is 0. The van der Waals surface area contributed by atoms with Gasteiger partial charge in [0, 0.05) is 25.1 Å². The molecular weight excluding hydrogens is 723 g/mol. The fourth-order valence-corrected chi connectivity index (χ4v) is 5.95. The minimum atomic E-state index is -1.94. The topological polar surface area (TPSA) is 113 Å². The number of halogens is 3. The van der Waals surface area contributed by atoms with Crippen LogP contribution in [0.25, 0.3) is 5.57 Å². The van der Waals surface area contributed by atoms with Gasteiger partial charge in [0.25, 0.3) is 0 Å². The molecular formula is C37H47Cl3N2O9. The van der Waals surface area contributed by atoms with E-state index < -0.39 is 45.2 Å². The molecule has 0 aliphatic carbocycles. The summed E-state index contributed by atoms with van der Waals surface area (Å²) in [6.45, 7) is 11.5. The molecule has 0 spiro atoms. The molecule has 0 unspecified atom stereocenters. The number of para-hydroxylation sites is 1. The van der Waals surface area contributed by atoms with E-state index in [1.165, 1.54) is 23.6 Å². The predicted octanol–water partition coefficient (Wildman–Crippen LogP) is 7.98. The first-order chi connectivity index (χ1) is 24.0. The number of esters is 1. The Balaban J connectivity index is 1.55. The van der Waals surface area contributed by atoms with E-state index in [4.69, 9.17) is 63.2 Å². The van der Waals surface area contributed by atoms with Crippen LogP contribution in [0.15, 0.2) is 54.1 Å². The molecule has 4 rings (SSSR count). The zero-order chi connectivity index (χ0) is 37.6. The second kappa shape index (κ2) is 17.0. The Kier molecular flexibility index (Phi) is 13.4. The fourth-order valence-electron chi connectivity index (χ4n) is 5.84. The van der Waals surface area contributed by atoms with Crippen molar-refractivity contribution < 1.29 is 42.8 Å². The van der Waals surface area contributed by atoms with Crippen molar-refractivity contribution >= 4 is 58.5 Å². The van der Waals surface area contributed by atoms with Crippen LogP contribution in [0.4, 0.5) is 9.59 Å². The van der Waals surface area contributed by atoms with Crippen LogP contribution >= 0.6 is 34.8 Å². The van der Waals surface area contributed by atoms with Gasteiger partial charge in [-0.1, -0.05) is 65.1 Å². The summed E-state index contributed by atoms with van der Waals surface area (Å²) in [4.78, 5) is 43.8. The number of alkyl halides is 3. The fraction of sp³-hybridized carbons (Fsp3) is 0.541. The van der Waals surface area contributed by atoms with Crippen molar-refractivity contribution in [3.8, 4) is 11.5 Å². The minimum Gasteiger partial charge on any atom is -0.496 e. The van der Waals surface area contributed by atoms with Gasteiger partial charge in [-0.2, -0.15) is 0 Å². The van der Waals surface area contributed by atoms with Gasteiger partial charge < -0.3 is 33.3 Å². The predicted molar refractivity (Wildman–Crippen MR) is 195 cm³/mol. The van der Waals surface area contributed by atoms with Crippen LogP contribution in [0.3, 0.4) is 0 Å². The van der Waals surface area contributed by atoms with Gasteiger partial charge in [0.15, 0.2) is 5.60 Å². The largest absolute Gasteiger partial charge is 0.496 e. The Morgan fingerprint density at radius 1 is 0.882 bits per heavy atom. The Morgan fingerprint density at radius 3 is 2.20 bits per heavy atom. The highest BCUT2D eigenvalue weighted by Crippen LogP contribution is 2.43. The lowest BCUT2D eigenvalue weighted by Gasteiger charge is -2.50. The Hall–Kier alpha value is -3.38. The Labute approximate surface area is 315 Å². The van der Waals surface area contributed by atoms with Crippen molar-refractivity contribution in [2.45, 2.75) is 88.1 Å². The smallest absolute Gasteiger partial charge is 0.411 e. The molecule has 2 atom stereocenters. The molecule has 2 bridgehead atoms. The van der Waals surface area contributed by atoms with E-state index in [0.717, 1.165) is 16.9 Å².